The fourth-order valence-electron chi connectivity index (χ4n) is 3.66. The summed E-state index contributed by atoms with van der Waals surface area (Å²) in [6.07, 6.45) is 5.24. The first-order chi connectivity index (χ1) is 16.7. The van der Waals surface area contributed by atoms with Gasteiger partial charge < -0.3 is 25.4 Å². The highest BCUT2D eigenvalue weighted by Gasteiger charge is 2.34. The number of ether oxygens (including phenoxy) is 2. The van der Waals surface area contributed by atoms with E-state index in [4.69, 9.17) is 14.9 Å². The number of carbonyl (C=O) groups is 2. The molecule has 10 heteroatoms. The van der Waals surface area contributed by atoms with Gasteiger partial charge >= 0.3 is 5.91 Å². The van der Waals surface area contributed by atoms with Crippen molar-refractivity contribution in [2.24, 2.45) is 0 Å². The normalized spacial score (nSPS) is 13.5. The number of amides is 2. The Morgan fingerprint density at radius 2 is 1.97 bits per heavy atom. The van der Waals surface area contributed by atoms with Crippen molar-refractivity contribution in [3.8, 4) is 17.2 Å². The zero-order chi connectivity index (χ0) is 25.6. The van der Waals surface area contributed by atoms with Crippen molar-refractivity contribution in [1.29, 1.82) is 0 Å². The number of hydrogen-bond donors (Lipinski definition) is 5. The summed E-state index contributed by atoms with van der Waals surface area (Å²) >= 11 is 0. The van der Waals surface area contributed by atoms with Crippen molar-refractivity contribution in [3.63, 3.8) is 0 Å². The van der Waals surface area contributed by atoms with E-state index in [0.717, 1.165) is 5.56 Å². The van der Waals surface area contributed by atoms with Gasteiger partial charge in [0.05, 0.1) is 17.4 Å². The third-order valence-electron chi connectivity index (χ3n) is 5.12. The monoisotopic (exact) mass is 481 g/mol. The Morgan fingerprint density at radius 1 is 1.20 bits per heavy atom. The Kier molecular flexibility index (Phi) is 7.95. The van der Waals surface area contributed by atoms with E-state index in [1.807, 2.05) is 27.7 Å². The Hall–Kier alpha value is -4.08. The van der Waals surface area contributed by atoms with E-state index in [-0.39, 0.29) is 17.4 Å². The summed E-state index contributed by atoms with van der Waals surface area (Å²) in [4.78, 5) is 29.5. The van der Waals surface area contributed by atoms with Crippen LogP contribution < -0.4 is 36.2 Å². The molecule has 2 amide bonds. The molecule has 0 saturated heterocycles. The molecular formula is C25H33N6O4+. The second-order valence-corrected chi connectivity index (χ2v) is 8.58. The van der Waals surface area contributed by atoms with Crippen molar-refractivity contribution in [3.05, 3.63) is 53.5 Å². The van der Waals surface area contributed by atoms with E-state index in [0.29, 0.717) is 48.0 Å². The molecule has 0 fully saturated rings. The quantitative estimate of drug-likeness (QED) is 0.269. The van der Waals surface area contributed by atoms with E-state index >= 15 is 0 Å². The number of carbonyl (C=O) groups excluding carboxylic acids is 2. The number of hydrogen-bond acceptors (Lipinski definition) is 7. The minimum Gasteiger partial charge on any atom is -0.487 e. The standard InChI is InChI=1S/C25H32N6O4/c1-6-28-18-12-16(14-30-22(18)24(33)29-7-2)34-19-10-15(23(32)31-21(26)8-9-27-5)11-20-17(19)13-25(3,4)35-20/h8-12,14,27-28H,6-7,13H2,1-5H3,(H,29,33)(H2,26,31,32)/p+1/b9-8-. The maximum atomic E-state index is 12.9. The fraction of sp³-hybridized carbons (Fsp3) is 0.360. The summed E-state index contributed by atoms with van der Waals surface area (Å²) in [6.45, 7) is 8.81. The van der Waals surface area contributed by atoms with Crippen molar-refractivity contribution in [2.45, 2.75) is 39.7 Å². The molecule has 0 aliphatic carbocycles. The molecule has 0 radical (unpaired) electrons. The molecular weight excluding hydrogens is 448 g/mol. The number of anilines is 1. The van der Waals surface area contributed by atoms with Crippen LogP contribution in [0.1, 0.15) is 54.1 Å². The van der Waals surface area contributed by atoms with E-state index in [2.05, 4.69) is 26.3 Å². The Morgan fingerprint density at radius 3 is 2.66 bits per heavy atom. The summed E-state index contributed by atoms with van der Waals surface area (Å²) in [5.74, 6) is 0.974. The highest BCUT2D eigenvalue weighted by Crippen LogP contribution is 2.43. The molecule has 0 bridgehead atoms. The van der Waals surface area contributed by atoms with E-state index in [9.17, 15) is 9.59 Å². The number of amidine groups is 1. The first-order valence-electron chi connectivity index (χ1n) is 11.5. The SMILES string of the molecule is CCNC(=O)c1ncc(Oc2cc(C(=O)NC(=[NH2+])/C=C\NC)cc3c2CC(C)(C)O3)cc1NCC. The molecule has 0 spiro atoms. The van der Waals surface area contributed by atoms with Crippen LogP contribution in [0.5, 0.6) is 17.2 Å². The summed E-state index contributed by atoms with van der Waals surface area (Å²) < 4.78 is 12.3. The number of nitrogens with two attached hydrogens (primary N) is 1. The van der Waals surface area contributed by atoms with Crippen molar-refractivity contribution < 1.29 is 24.5 Å². The number of rotatable bonds is 9. The molecule has 1 aliphatic heterocycles. The molecule has 0 unspecified atom stereocenters. The predicted molar refractivity (Wildman–Crippen MR) is 134 cm³/mol. The number of nitrogens with zero attached hydrogens (tertiary/aromatic N) is 1. The third kappa shape index (κ3) is 6.28. The van der Waals surface area contributed by atoms with Crippen LogP contribution in [0.15, 0.2) is 36.7 Å². The molecule has 0 saturated carbocycles. The zero-order valence-corrected chi connectivity index (χ0v) is 20.7. The fourth-order valence-corrected chi connectivity index (χ4v) is 3.66. The average Bonchev–Trinajstić information content (AvgIpc) is 3.12. The van der Waals surface area contributed by atoms with Crippen LogP contribution in [0.2, 0.25) is 0 Å². The van der Waals surface area contributed by atoms with Gasteiger partial charge in [-0.2, -0.15) is 0 Å². The molecule has 1 aliphatic rings. The van der Waals surface area contributed by atoms with Crippen LogP contribution in [-0.4, -0.2) is 48.4 Å². The third-order valence-corrected chi connectivity index (χ3v) is 5.12. The Labute approximate surface area is 205 Å². The lowest BCUT2D eigenvalue weighted by Crippen LogP contribution is -2.49. The van der Waals surface area contributed by atoms with Crippen LogP contribution in [0.4, 0.5) is 5.69 Å². The highest BCUT2D eigenvalue weighted by atomic mass is 16.5. The molecule has 186 valence electrons. The van der Waals surface area contributed by atoms with Crippen LogP contribution in [0.3, 0.4) is 0 Å². The minimum atomic E-state index is -0.453. The maximum Gasteiger partial charge on any atom is 0.339 e. The summed E-state index contributed by atoms with van der Waals surface area (Å²) in [5.41, 5.74) is 1.56. The van der Waals surface area contributed by atoms with Gasteiger partial charge in [-0.25, -0.2) is 15.1 Å². The van der Waals surface area contributed by atoms with E-state index in [1.54, 1.807) is 37.5 Å². The second kappa shape index (κ2) is 10.9. The zero-order valence-electron chi connectivity index (χ0n) is 20.7. The first-order valence-corrected chi connectivity index (χ1v) is 11.5. The van der Waals surface area contributed by atoms with Gasteiger partial charge in [0.15, 0.2) is 5.69 Å². The topological polar surface area (TPSA) is 139 Å². The van der Waals surface area contributed by atoms with Crippen LogP contribution in [-0.2, 0) is 6.42 Å². The molecule has 1 aromatic carbocycles. The minimum absolute atomic E-state index is 0.189. The van der Waals surface area contributed by atoms with Gasteiger partial charge in [-0.15, -0.1) is 0 Å². The average molecular weight is 482 g/mol. The van der Waals surface area contributed by atoms with Crippen LogP contribution >= 0.6 is 0 Å². The van der Waals surface area contributed by atoms with E-state index in [1.165, 1.54) is 6.20 Å². The molecule has 35 heavy (non-hydrogen) atoms. The summed E-state index contributed by atoms with van der Waals surface area (Å²) in [7, 11) is 1.73. The van der Waals surface area contributed by atoms with E-state index < -0.39 is 11.5 Å². The molecule has 2 heterocycles. The first kappa shape index (κ1) is 25.5. The number of nitrogens with one attached hydrogen (secondary N) is 4. The number of fused-ring (bicyclic) bond motifs is 1. The predicted octanol–water partition coefficient (Wildman–Crippen LogP) is 1.39. The maximum absolute atomic E-state index is 12.9. The van der Waals surface area contributed by atoms with Crippen LogP contribution in [0.25, 0.3) is 0 Å². The van der Waals surface area contributed by atoms with Gasteiger partial charge in [-0.3, -0.25) is 10.2 Å². The molecule has 3 rings (SSSR count). The van der Waals surface area contributed by atoms with Gasteiger partial charge in [0, 0.05) is 50.5 Å². The molecule has 1 aromatic heterocycles. The van der Waals surface area contributed by atoms with Gasteiger partial charge in [-0.05, 0) is 39.8 Å². The summed E-state index contributed by atoms with van der Waals surface area (Å²) in [5, 5.41) is 17.2. The number of aromatic nitrogens is 1. The number of benzene rings is 1. The lowest BCUT2D eigenvalue weighted by Gasteiger charge is -2.16. The lowest BCUT2D eigenvalue weighted by molar-refractivity contribution is -0.115. The van der Waals surface area contributed by atoms with Crippen molar-refractivity contribution in [1.82, 2.24) is 20.9 Å². The second-order valence-electron chi connectivity index (χ2n) is 8.58. The van der Waals surface area contributed by atoms with Crippen molar-refractivity contribution >= 4 is 23.3 Å². The number of pyridine rings is 1. The largest absolute Gasteiger partial charge is 0.487 e. The van der Waals surface area contributed by atoms with Gasteiger partial charge in [0.2, 0.25) is 0 Å². The molecule has 6 N–H and O–H groups in total. The molecule has 2 aromatic rings. The molecule has 10 nitrogen and oxygen atoms in total. The molecule has 0 atom stereocenters. The highest BCUT2D eigenvalue weighted by molar-refractivity contribution is 6.08. The van der Waals surface area contributed by atoms with Crippen LogP contribution in [0, 0.1) is 0 Å². The summed E-state index contributed by atoms with van der Waals surface area (Å²) in [6, 6.07) is 5.05. The Bertz CT molecular complexity index is 1160. The lowest BCUT2D eigenvalue weighted by atomic mass is 9.99. The van der Waals surface area contributed by atoms with Crippen molar-refractivity contribution in [2.75, 3.05) is 25.5 Å². The smallest absolute Gasteiger partial charge is 0.339 e. The Balaban J connectivity index is 1.96. The van der Waals surface area contributed by atoms with Gasteiger partial charge in [0.1, 0.15) is 22.8 Å². The van der Waals surface area contributed by atoms with Gasteiger partial charge in [-0.1, -0.05) is 0 Å². The van der Waals surface area contributed by atoms with Gasteiger partial charge in [0.25, 0.3) is 11.7 Å².